The summed E-state index contributed by atoms with van der Waals surface area (Å²) in [5.74, 6) is 1.20. The Hall–Kier alpha value is -2.80. The summed E-state index contributed by atoms with van der Waals surface area (Å²) in [5.41, 5.74) is 1.30. The van der Waals surface area contributed by atoms with Gasteiger partial charge < -0.3 is 13.9 Å². The number of aromatic nitrogens is 1. The van der Waals surface area contributed by atoms with Crippen LogP contribution >= 0.6 is 11.3 Å². The summed E-state index contributed by atoms with van der Waals surface area (Å²) in [5, 5.41) is 4.60. The molecule has 1 amide bonds. The minimum Gasteiger partial charge on any atom is -0.487 e. The van der Waals surface area contributed by atoms with Gasteiger partial charge in [0, 0.05) is 11.8 Å². The van der Waals surface area contributed by atoms with Crippen molar-refractivity contribution in [3.05, 3.63) is 53.7 Å². The van der Waals surface area contributed by atoms with Gasteiger partial charge in [0.25, 0.3) is 0 Å². The minimum absolute atomic E-state index is 0.276. The maximum atomic E-state index is 11.4. The van der Waals surface area contributed by atoms with Gasteiger partial charge in [-0.2, -0.15) is 0 Å². The third-order valence-electron chi connectivity index (χ3n) is 3.03. The Morgan fingerprint density at radius 2 is 2.25 bits per heavy atom. The second-order valence-electron chi connectivity index (χ2n) is 4.78. The van der Waals surface area contributed by atoms with Gasteiger partial charge in [0.2, 0.25) is 5.89 Å². The Labute approximate surface area is 143 Å². The number of ether oxygens (including phenoxy) is 2. The molecule has 1 aromatic carbocycles. The standard InChI is InChI=1S/C17H16N2O4S/c1-2-21-17(20)19-12-5-3-6-14(9-12)22-10-13-11-23-16(18-13)15-7-4-8-24-15/h3-9,11H,2,10H2,1H3,(H,19,20). The average Bonchev–Trinajstić information content (AvgIpc) is 3.25. The smallest absolute Gasteiger partial charge is 0.411 e. The van der Waals surface area contributed by atoms with E-state index in [1.807, 2.05) is 17.5 Å². The number of thiophene rings is 1. The number of anilines is 1. The molecule has 2 heterocycles. The average molecular weight is 344 g/mol. The van der Waals surface area contributed by atoms with Crippen molar-refractivity contribution in [3.8, 4) is 16.5 Å². The van der Waals surface area contributed by atoms with E-state index >= 15 is 0 Å². The van der Waals surface area contributed by atoms with Crippen molar-refractivity contribution in [3.63, 3.8) is 0 Å². The second-order valence-corrected chi connectivity index (χ2v) is 5.73. The van der Waals surface area contributed by atoms with Crippen LogP contribution in [0.3, 0.4) is 0 Å². The molecule has 0 radical (unpaired) electrons. The first kappa shape index (κ1) is 16.1. The van der Waals surface area contributed by atoms with Gasteiger partial charge in [-0.15, -0.1) is 11.3 Å². The molecule has 0 aliphatic carbocycles. The number of carbonyl (C=O) groups excluding carboxylic acids is 1. The normalized spacial score (nSPS) is 10.4. The lowest BCUT2D eigenvalue weighted by Gasteiger charge is -2.08. The number of hydrogen-bond donors (Lipinski definition) is 1. The zero-order valence-electron chi connectivity index (χ0n) is 13.0. The SMILES string of the molecule is CCOC(=O)Nc1cccc(OCc2coc(-c3cccs3)n2)c1. The minimum atomic E-state index is -0.494. The Morgan fingerprint density at radius 1 is 1.33 bits per heavy atom. The van der Waals surface area contributed by atoms with Crippen LogP contribution in [-0.4, -0.2) is 17.7 Å². The highest BCUT2D eigenvalue weighted by Crippen LogP contribution is 2.24. The lowest BCUT2D eigenvalue weighted by atomic mass is 10.3. The van der Waals surface area contributed by atoms with Gasteiger partial charge in [0.1, 0.15) is 24.3 Å². The Morgan fingerprint density at radius 3 is 3.04 bits per heavy atom. The number of nitrogens with zero attached hydrogens (tertiary/aromatic N) is 1. The second kappa shape index (κ2) is 7.65. The van der Waals surface area contributed by atoms with E-state index in [1.54, 1.807) is 48.8 Å². The van der Waals surface area contributed by atoms with Gasteiger partial charge >= 0.3 is 6.09 Å². The van der Waals surface area contributed by atoms with Crippen LogP contribution in [0.25, 0.3) is 10.8 Å². The number of rotatable bonds is 6. The van der Waals surface area contributed by atoms with E-state index in [-0.39, 0.29) is 6.61 Å². The topological polar surface area (TPSA) is 73.6 Å². The van der Waals surface area contributed by atoms with Crippen LogP contribution in [0.1, 0.15) is 12.6 Å². The largest absolute Gasteiger partial charge is 0.487 e. The first-order valence-corrected chi connectivity index (χ1v) is 8.27. The molecule has 6 nitrogen and oxygen atoms in total. The molecule has 7 heteroatoms. The zero-order chi connectivity index (χ0) is 16.8. The number of hydrogen-bond acceptors (Lipinski definition) is 6. The summed E-state index contributed by atoms with van der Waals surface area (Å²) in [6, 6.07) is 11.0. The molecule has 0 saturated carbocycles. The highest BCUT2D eigenvalue weighted by Gasteiger charge is 2.08. The van der Waals surface area contributed by atoms with Crippen LogP contribution in [-0.2, 0) is 11.3 Å². The van der Waals surface area contributed by atoms with Crippen molar-refractivity contribution >= 4 is 23.1 Å². The molecule has 0 fully saturated rings. The number of amides is 1. The predicted molar refractivity (Wildman–Crippen MR) is 91.2 cm³/mol. The molecule has 0 aliphatic rings. The fraction of sp³-hybridized carbons (Fsp3) is 0.176. The molecular weight excluding hydrogens is 328 g/mol. The highest BCUT2D eigenvalue weighted by atomic mass is 32.1. The predicted octanol–water partition coefficient (Wildman–Crippen LogP) is 4.55. The maximum Gasteiger partial charge on any atom is 0.411 e. The molecule has 3 rings (SSSR count). The molecule has 0 bridgehead atoms. The first-order chi connectivity index (χ1) is 11.7. The van der Waals surface area contributed by atoms with Crippen molar-refractivity contribution in [2.24, 2.45) is 0 Å². The van der Waals surface area contributed by atoms with Crippen LogP contribution in [0.5, 0.6) is 5.75 Å². The quantitative estimate of drug-likeness (QED) is 0.710. The van der Waals surface area contributed by atoms with E-state index in [2.05, 4.69) is 10.3 Å². The molecule has 0 atom stereocenters. The summed E-state index contributed by atoms with van der Waals surface area (Å²) in [7, 11) is 0. The van der Waals surface area contributed by atoms with Gasteiger partial charge in [0.05, 0.1) is 11.5 Å². The van der Waals surface area contributed by atoms with E-state index < -0.39 is 6.09 Å². The van der Waals surface area contributed by atoms with Crippen LogP contribution < -0.4 is 10.1 Å². The molecule has 3 aromatic rings. The van der Waals surface area contributed by atoms with Crippen LogP contribution in [0.2, 0.25) is 0 Å². The molecule has 1 N–H and O–H groups in total. The van der Waals surface area contributed by atoms with Gasteiger partial charge in [-0.25, -0.2) is 9.78 Å². The maximum absolute atomic E-state index is 11.4. The fourth-order valence-electron chi connectivity index (χ4n) is 1.99. The number of benzene rings is 1. The third-order valence-corrected chi connectivity index (χ3v) is 3.88. The Balaban J connectivity index is 1.59. The summed E-state index contributed by atoms with van der Waals surface area (Å²) in [6.45, 7) is 2.35. The summed E-state index contributed by atoms with van der Waals surface area (Å²) in [6.07, 6.45) is 1.09. The summed E-state index contributed by atoms with van der Waals surface area (Å²) < 4.78 is 16.0. The van der Waals surface area contributed by atoms with Crippen LogP contribution in [0.4, 0.5) is 10.5 Å². The highest BCUT2D eigenvalue weighted by molar-refractivity contribution is 7.13. The van der Waals surface area contributed by atoms with Crippen molar-refractivity contribution < 1.29 is 18.7 Å². The van der Waals surface area contributed by atoms with Crippen molar-refractivity contribution in [2.75, 3.05) is 11.9 Å². The Bertz CT molecular complexity index is 799. The van der Waals surface area contributed by atoms with E-state index in [1.165, 1.54) is 0 Å². The molecule has 2 aromatic heterocycles. The van der Waals surface area contributed by atoms with Gasteiger partial charge in [0.15, 0.2) is 0 Å². The van der Waals surface area contributed by atoms with Gasteiger partial charge in [-0.1, -0.05) is 12.1 Å². The molecule has 0 unspecified atom stereocenters. The zero-order valence-corrected chi connectivity index (χ0v) is 13.8. The number of nitrogens with one attached hydrogen (secondary N) is 1. The van der Waals surface area contributed by atoms with Crippen LogP contribution in [0, 0.1) is 0 Å². The lowest BCUT2D eigenvalue weighted by molar-refractivity contribution is 0.168. The van der Waals surface area contributed by atoms with Crippen LogP contribution in [0.15, 0.2) is 52.5 Å². The number of oxazole rings is 1. The molecule has 24 heavy (non-hydrogen) atoms. The van der Waals surface area contributed by atoms with Crippen molar-refractivity contribution in [1.82, 2.24) is 4.98 Å². The molecular formula is C17H16N2O4S. The molecule has 0 saturated heterocycles. The lowest BCUT2D eigenvalue weighted by Crippen LogP contribution is -2.13. The molecule has 124 valence electrons. The monoisotopic (exact) mass is 344 g/mol. The van der Waals surface area contributed by atoms with E-state index in [0.717, 1.165) is 4.88 Å². The van der Waals surface area contributed by atoms with Crippen molar-refractivity contribution in [2.45, 2.75) is 13.5 Å². The summed E-state index contributed by atoms with van der Waals surface area (Å²) >= 11 is 1.57. The van der Waals surface area contributed by atoms with Gasteiger partial charge in [-0.05, 0) is 30.5 Å². The molecule has 0 aliphatic heterocycles. The van der Waals surface area contributed by atoms with E-state index in [9.17, 15) is 4.79 Å². The Kier molecular flexibility index (Phi) is 5.12. The number of carbonyl (C=O) groups is 1. The van der Waals surface area contributed by atoms with E-state index in [0.29, 0.717) is 29.6 Å². The third kappa shape index (κ3) is 4.14. The first-order valence-electron chi connectivity index (χ1n) is 7.39. The van der Waals surface area contributed by atoms with Gasteiger partial charge in [-0.3, -0.25) is 5.32 Å². The molecule has 0 spiro atoms. The van der Waals surface area contributed by atoms with Crippen molar-refractivity contribution in [1.29, 1.82) is 0 Å². The van der Waals surface area contributed by atoms with E-state index in [4.69, 9.17) is 13.9 Å². The fourth-order valence-corrected chi connectivity index (χ4v) is 2.65. The summed E-state index contributed by atoms with van der Waals surface area (Å²) in [4.78, 5) is 16.8.